The van der Waals surface area contributed by atoms with Crippen molar-refractivity contribution in [3.8, 4) is 22.9 Å². The maximum absolute atomic E-state index is 13.1. The summed E-state index contributed by atoms with van der Waals surface area (Å²) in [6.45, 7) is 7.65. The van der Waals surface area contributed by atoms with Gasteiger partial charge in [0.1, 0.15) is 11.3 Å². The predicted molar refractivity (Wildman–Crippen MR) is 132 cm³/mol. The largest absolute Gasteiger partial charge is 0.438 e. The maximum atomic E-state index is 13.1. The van der Waals surface area contributed by atoms with Crippen LogP contribution in [0.1, 0.15) is 32.7 Å². The van der Waals surface area contributed by atoms with E-state index >= 15 is 0 Å². The molecule has 0 saturated heterocycles. The molecule has 9 heteroatoms. The van der Waals surface area contributed by atoms with Crippen LogP contribution in [0.15, 0.2) is 72.0 Å². The minimum Gasteiger partial charge on any atom is -0.438 e. The summed E-state index contributed by atoms with van der Waals surface area (Å²) in [4.78, 5) is 25.8. The van der Waals surface area contributed by atoms with E-state index in [1.54, 1.807) is 18.3 Å². The average molecular weight is 489 g/mol. The van der Waals surface area contributed by atoms with Gasteiger partial charge in [-0.15, -0.1) is 0 Å². The molecule has 3 heterocycles. The zero-order valence-electron chi connectivity index (χ0n) is 19.7. The van der Waals surface area contributed by atoms with Crippen molar-refractivity contribution >= 4 is 15.9 Å². The highest BCUT2D eigenvalue weighted by Crippen LogP contribution is 2.32. The van der Waals surface area contributed by atoms with E-state index < -0.39 is 15.9 Å². The molecule has 0 unspecified atom stereocenters. The first-order valence-corrected chi connectivity index (χ1v) is 12.3. The molecule has 0 spiro atoms. The van der Waals surface area contributed by atoms with Crippen LogP contribution in [0.2, 0.25) is 0 Å². The van der Waals surface area contributed by atoms with Crippen molar-refractivity contribution in [1.29, 1.82) is 0 Å². The highest BCUT2D eigenvalue weighted by Gasteiger charge is 2.24. The first kappa shape index (κ1) is 24.0. The lowest BCUT2D eigenvalue weighted by atomic mass is 10.1. The molecular formula is C26H24N4O4S. The lowest BCUT2D eigenvalue weighted by Gasteiger charge is -2.16. The van der Waals surface area contributed by atoms with Gasteiger partial charge >= 0.3 is 0 Å². The van der Waals surface area contributed by atoms with E-state index in [9.17, 15) is 13.2 Å². The SMILES string of the molecule is Cc1cc(C)c(Oc2nc(-c3ccc(C)nc3)ccc2C(=O)NS(=O)(=O)c2ccccn2)c(C)c1. The summed E-state index contributed by atoms with van der Waals surface area (Å²) in [6.07, 6.45) is 3.01. The second kappa shape index (κ2) is 9.63. The van der Waals surface area contributed by atoms with E-state index in [-0.39, 0.29) is 16.5 Å². The van der Waals surface area contributed by atoms with Gasteiger partial charge in [-0.3, -0.25) is 9.78 Å². The van der Waals surface area contributed by atoms with E-state index in [0.29, 0.717) is 11.4 Å². The number of ether oxygens (including phenoxy) is 1. The van der Waals surface area contributed by atoms with Crippen molar-refractivity contribution in [3.63, 3.8) is 0 Å². The second-order valence-electron chi connectivity index (χ2n) is 8.17. The Bertz CT molecular complexity index is 1480. The van der Waals surface area contributed by atoms with E-state index in [0.717, 1.165) is 27.9 Å². The lowest BCUT2D eigenvalue weighted by Crippen LogP contribution is -2.31. The maximum Gasteiger partial charge on any atom is 0.281 e. The molecule has 1 N–H and O–H groups in total. The Morgan fingerprint density at radius 2 is 1.66 bits per heavy atom. The topological polar surface area (TPSA) is 111 Å². The summed E-state index contributed by atoms with van der Waals surface area (Å²) in [5.74, 6) is -0.357. The van der Waals surface area contributed by atoms with Crippen LogP contribution in [0.25, 0.3) is 11.3 Å². The molecule has 0 saturated carbocycles. The molecule has 0 bridgehead atoms. The Morgan fingerprint density at radius 1 is 0.914 bits per heavy atom. The summed E-state index contributed by atoms with van der Waals surface area (Å²) in [6, 6.07) is 15.2. The van der Waals surface area contributed by atoms with E-state index in [1.165, 1.54) is 24.4 Å². The minimum absolute atomic E-state index is 0.0214. The first-order valence-electron chi connectivity index (χ1n) is 10.8. The number of rotatable bonds is 6. The smallest absolute Gasteiger partial charge is 0.281 e. The van der Waals surface area contributed by atoms with Crippen molar-refractivity contribution < 1.29 is 17.9 Å². The Labute approximate surface area is 204 Å². The Hall–Kier alpha value is -4.11. The molecule has 4 aromatic rings. The molecule has 0 aliphatic carbocycles. The van der Waals surface area contributed by atoms with Crippen molar-refractivity contribution in [2.24, 2.45) is 0 Å². The van der Waals surface area contributed by atoms with Crippen molar-refractivity contribution in [2.75, 3.05) is 0 Å². The number of aromatic nitrogens is 3. The van der Waals surface area contributed by atoms with E-state index in [2.05, 4.69) is 19.7 Å². The molecule has 0 atom stereocenters. The van der Waals surface area contributed by atoms with Crippen LogP contribution in [-0.2, 0) is 10.0 Å². The molecule has 4 rings (SSSR count). The average Bonchev–Trinajstić information content (AvgIpc) is 2.82. The molecule has 3 aromatic heterocycles. The zero-order valence-corrected chi connectivity index (χ0v) is 20.6. The van der Waals surface area contributed by atoms with Crippen molar-refractivity contribution in [1.82, 2.24) is 19.7 Å². The van der Waals surface area contributed by atoms with Gasteiger partial charge in [0.2, 0.25) is 5.88 Å². The van der Waals surface area contributed by atoms with Crippen LogP contribution >= 0.6 is 0 Å². The van der Waals surface area contributed by atoms with Gasteiger partial charge in [-0.1, -0.05) is 23.8 Å². The number of nitrogens with zero attached hydrogens (tertiary/aromatic N) is 3. The van der Waals surface area contributed by atoms with Crippen molar-refractivity contribution in [3.05, 3.63) is 94.9 Å². The number of carbonyl (C=O) groups is 1. The van der Waals surface area contributed by atoms with Crippen LogP contribution in [0.5, 0.6) is 11.6 Å². The van der Waals surface area contributed by atoms with Crippen molar-refractivity contribution in [2.45, 2.75) is 32.7 Å². The van der Waals surface area contributed by atoms with Crippen LogP contribution < -0.4 is 9.46 Å². The van der Waals surface area contributed by atoms with Gasteiger partial charge in [0.15, 0.2) is 5.03 Å². The van der Waals surface area contributed by atoms with Gasteiger partial charge in [0.05, 0.1) is 5.69 Å². The number of pyridine rings is 3. The quantitative estimate of drug-likeness (QED) is 0.419. The third-order valence-electron chi connectivity index (χ3n) is 5.26. The fourth-order valence-electron chi connectivity index (χ4n) is 3.63. The molecule has 0 aliphatic rings. The Balaban J connectivity index is 1.77. The molecule has 1 amide bonds. The molecular weight excluding hydrogens is 464 g/mol. The lowest BCUT2D eigenvalue weighted by molar-refractivity contribution is 0.0978. The van der Waals surface area contributed by atoms with Gasteiger partial charge in [-0.05, 0) is 75.2 Å². The third kappa shape index (κ3) is 5.36. The number of carbonyl (C=O) groups excluding carboxylic acids is 1. The molecule has 8 nitrogen and oxygen atoms in total. The standard InChI is InChI=1S/C26H24N4O4S/c1-16-13-17(2)24(18(3)14-16)34-26-21(10-11-22(29-26)20-9-8-19(4)28-15-20)25(31)30-35(32,33)23-7-5-6-12-27-23/h5-15H,1-4H3,(H,30,31). The first-order chi connectivity index (χ1) is 16.6. The zero-order chi connectivity index (χ0) is 25.2. The van der Waals surface area contributed by atoms with Crippen LogP contribution in [0, 0.1) is 27.7 Å². The number of hydrogen-bond acceptors (Lipinski definition) is 7. The van der Waals surface area contributed by atoms with Crippen LogP contribution in [-0.4, -0.2) is 29.3 Å². The molecule has 0 radical (unpaired) electrons. The summed E-state index contributed by atoms with van der Waals surface area (Å²) in [5, 5.41) is -0.267. The Morgan fingerprint density at radius 3 is 2.29 bits per heavy atom. The molecule has 178 valence electrons. The van der Waals surface area contributed by atoms with Gasteiger partial charge in [0.25, 0.3) is 15.9 Å². The molecule has 1 aromatic carbocycles. The monoisotopic (exact) mass is 488 g/mol. The molecule has 35 heavy (non-hydrogen) atoms. The number of aryl methyl sites for hydroxylation is 4. The highest BCUT2D eigenvalue weighted by atomic mass is 32.2. The second-order valence-corrected chi connectivity index (χ2v) is 9.80. The number of benzene rings is 1. The van der Waals surface area contributed by atoms with E-state index in [4.69, 9.17) is 4.74 Å². The number of sulfonamides is 1. The highest BCUT2D eigenvalue weighted by molar-refractivity contribution is 7.90. The molecule has 0 fully saturated rings. The summed E-state index contributed by atoms with van der Waals surface area (Å²) < 4.78 is 33.6. The summed E-state index contributed by atoms with van der Waals surface area (Å²) in [5.41, 5.74) is 4.86. The number of nitrogens with one attached hydrogen (secondary N) is 1. The van der Waals surface area contributed by atoms with Gasteiger partial charge in [0, 0.05) is 23.7 Å². The van der Waals surface area contributed by atoms with Gasteiger partial charge in [-0.25, -0.2) is 14.7 Å². The molecule has 0 aliphatic heterocycles. The van der Waals surface area contributed by atoms with E-state index in [1.807, 2.05) is 52.0 Å². The number of hydrogen-bond donors (Lipinski definition) is 1. The van der Waals surface area contributed by atoms with Gasteiger partial charge < -0.3 is 4.74 Å². The summed E-state index contributed by atoms with van der Waals surface area (Å²) >= 11 is 0. The number of amides is 1. The predicted octanol–water partition coefficient (Wildman–Crippen LogP) is 4.68. The minimum atomic E-state index is -4.19. The van der Waals surface area contributed by atoms with Crippen LogP contribution in [0.4, 0.5) is 0 Å². The fourth-order valence-corrected chi connectivity index (χ4v) is 4.55. The fraction of sp³-hybridized carbons (Fsp3) is 0.154. The normalized spacial score (nSPS) is 11.2. The Kier molecular flexibility index (Phi) is 6.61. The summed E-state index contributed by atoms with van der Waals surface area (Å²) in [7, 11) is -4.19. The van der Waals surface area contributed by atoms with Gasteiger partial charge in [-0.2, -0.15) is 8.42 Å². The van der Waals surface area contributed by atoms with Crippen LogP contribution in [0.3, 0.4) is 0 Å². The third-order valence-corrected chi connectivity index (χ3v) is 6.50.